The number of hydrogen-bond acceptors (Lipinski definition) is 5. The Kier molecular flexibility index (Phi) is 4.64. The van der Waals surface area contributed by atoms with Crippen molar-refractivity contribution in [3.8, 4) is 0 Å². The fourth-order valence-corrected chi connectivity index (χ4v) is 3.59. The predicted octanol–water partition coefficient (Wildman–Crippen LogP) is 2.59. The van der Waals surface area contributed by atoms with E-state index in [0.29, 0.717) is 6.10 Å². The molecule has 0 bridgehead atoms. The number of aromatic nitrogens is 2. The zero-order valence-corrected chi connectivity index (χ0v) is 13.9. The SMILES string of the molecule is Cc1ccc(N2CC[C@H]3OCCC[C@@]3(COC(C)C)C2)nn1. The molecule has 2 fully saturated rings. The van der Waals surface area contributed by atoms with Crippen molar-refractivity contribution < 1.29 is 9.47 Å². The van der Waals surface area contributed by atoms with Crippen LogP contribution in [0.4, 0.5) is 5.82 Å². The molecule has 1 aromatic heterocycles. The Hall–Kier alpha value is -1.20. The Labute approximate surface area is 133 Å². The Balaban J connectivity index is 1.78. The molecule has 2 aliphatic heterocycles. The van der Waals surface area contributed by atoms with E-state index in [1.807, 2.05) is 13.0 Å². The van der Waals surface area contributed by atoms with Crippen molar-refractivity contribution in [2.45, 2.75) is 52.2 Å². The Morgan fingerprint density at radius 2 is 2.27 bits per heavy atom. The van der Waals surface area contributed by atoms with Gasteiger partial charge in [0.1, 0.15) is 0 Å². The van der Waals surface area contributed by atoms with Crippen LogP contribution in [-0.2, 0) is 9.47 Å². The largest absolute Gasteiger partial charge is 0.378 e. The summed E-state index contributed by atoms with van der Waals surface area (Å²) in [6, 6.07) is 4.10. The number of anilines is 1. The lowest BCUT2D eigenvalue weighted by Crippen LogP contribution is -2.57. The van der Waals surface area contributed by atoms with Crippen LogP contribution in [0.5, 0.6) is 0 Å². The highest BCUT2D eigenvalue weighted by Gasteiger charge is 2.46. The van der Waals surface area contributed by atoms with E-state index in [-0.39, 0.29) is 11.5 Å². The molecule has 3 heterocycles. The van der Waals surface area contributed by atoms with Gasteiger partial charge in [0.15, 0.2) is 5.82 Å². The first-order valence-corrected chi connectivity index (χ1v) is 8.37. The van der Waals surface area contributed by atoms with Crippen LogP contribution in [0.15, 0.2) is 12.1 Å². The molecule has 0 radical (unpaired) electrons. The third kappa shape index (κ3) is 3.25. The van der Waals surface area contributed by atoms with E-state index in [9.17, 15) is 0 Å². The molecule has 2 atom stereocenters. The monoisotopic (exact) mass is 305 g/mol. The van der Waals surface area contributed by atoms with Crippen LogP contribution in [0.25, 0.3) is 0 Å². The standard InChI is InChI=1S/C17H27N3O2/c1-13(2)22-12-17-8-4-10-21-15(17)7-9-20(11-17)16-6-5-14(3)18-19-16/h5-6,13,15H,4,7-12H2,1-3H3/t15-,17+/m1/s1. The minimum Gasteiger partial charge on any atom is -0.378 e. The van der Waals surface area contributed by atoms with Gasteiger partial charge in [-0.05, 0) is 52.2 Å². The highest BCUT2D eigenvalue weighted by molar-refractivity contribution is 5.39. The van der Waals surface area contributed by atoms with Crippen molar-refractivity contribution in [3.63, 3.8) is 0 Å². The van der Waals surface area contributed by atoms with Gasteiger partial charge in [-0.25, -0.2) is 0 Å². The van der Waals surface area contributed by atoms with E-state index in [2.05, 4.69) is 35.0 Å². The molecule has 0 aliphatic carbocycles. The first kappa shape index (κ1) is 15.7. The Bertz CT molecular complexity index is 491. The zero-order valence-electron chi connectivity index (χ0n) is 13.9. The van der Waals surface area contributed by atoms with Gasteiger partial charge < -0.3 is 14.4 Å². The number of piperidine rings is 1. The summed E-state index contributed by atoms with van der Waals surface area (Å²) in [6.45, 7) is 9.75. The van der Waals surface area contributed by atoms with E-state index in [0.717, 1.165) is 50.7 Å². The van der Waals surface area contributed by atoms with Crippen LogP contribution in [0.3, 0.4) is 0 Å². The molecule has 0 unspecified atom stereocenters. The molecule has 22 heavy (non-hydrogen) atoms. The van der Waals surface area contributed by atoms with Crippen molar-refractivity contribution in [1.29, 1.82) is 0 Å². The summed E-state index contributed by atoms with van der Waals surface area (Å²) in [5.74, 6) is 0.971. The average Bonchev–Trinajstić information content (AvgIpc) is 2.53. The molecule has 2 saturated heterocycles. The van der Waals surface area contributed by atoms with E-state index in [1.54, 1.807) is 0 Å². The summed E-state index contributed by atoms with van der Waals surface area (Å²) in [4.78, 5) is 2.35. The van der Waals surface area contributed by atoms with Crippen LogP contribution in [-0.4, -0.2) is 48.7 Å². The summed E-state index contributed by atoms with van der Waals surface area (Å²) >= 11 is 0. The number of nitrogens with zero attached hydrogens (tertiary/aromatic N) is 3. The average molecular weight is 305 g/mol. The van der Waals surface area contributed by atoms with Gasteiger partial charge in [0.25, 0.3) is 0 Å². The van der Waals surface area contributed by atoms with Gasteiger partial charge in [0.2, 0.25) is 0 Å². The third-order valence-electron chi connectivity index (χ3n) is 4.80. The van der Waals surface area contributed by atoms with Crippen molar-refractivity contribution in [1.82, 2.24) is 10.2 Å². The third-order valence-corrected chi connectivity index (χ3v) is 4.80. The summed E-state index contributed by atoms with van der Waals surface area (Å²) in [5, 5.41) is 8.56. The second kappa shape index (κ2) is 6.50. The molecular weight excluding hydrogens is 278 g/mol. The van der Waals surface area contributed by atoms with Gasteiger partial charge in [-0.15, -0.1) is 5.10 Å². The topological polar surface area (TPSA) is 47.5 Å². The maximum absolute atomic E-state index is 6.08. The van der Waals surface area contributed by atoms with Gasteiger partial charge in [-0.3, -0.25) is 0 Å². The van der Waals surface area contributed by atoms with E-state index in [1.165, 1.54) is 6.42 Å². The Morgan fingerprint density at radius 1 is 1.41 bits per heavy atom. The summed E-state index contributed by atoms with van der Waals surface area (Å²) in [6.07, 6.45) is 3.89. The summed E-state index contributed by atoms with van der Waals surface area (Å²) in [7, 11) is 0. The fourth-order valence-electron chi connectivity index (χ4n) is 3.59. The van der Waals surface area contributed by atoms with Gasteiger partial charge >= 0.3 is 0 Å². The molecule has 0 saturated carbocycles. The van der Waals surface area contributed by atoms with Crippen LogP contribution < -0.4 is 4.90 Å². The highest BCUT2D eigenvalue weighted by Crippen LogP contribution is 2.41. The van der Waals surface area contributed by atoms with Crippen LogP contribution in [0.2, 0.25) is 0 Å². The minimum atomic E-state index is 0.0906. The molecule has 0 amide bonds. The van der Waals surface area contributed by atoms with Gasteiger partial charge in [0, 0.05) is 25.1 Å². The molecular formula is C17H27N3O2. The molecule has 5 heteroatoms. The second-order valence-electron chi connectivity index (χ2n) is 6.93. The first-order valence-electron chi connectivity index (χ1n) is 8.37. The molecule has 1 aromatic rings. The van der Waals surface area contributed by atoms with Gasteiger partial charge in [-0.1, -0.05) is 0 Å². The minimum absolute atomic E-state index is 0.0906. The lowest BCUT2D eigenvalue weighted by Gasteiger charge is -2.50. The van der Waals surface area contributed by atoms with Crippen LogP contribution >= 0.6 is 0 Å². The predicted molar refractivity (Wildman–Crippen MR) is 86.1 cm³/mol. The lowest BCUT2D eigenvalue weighted by molar-refractivity contribution is -0.132. The van der Waals surface area contributed by atoms with Crippen molar-refractivity contribution in [2.75, 3.05) is 31.2 Å². The maximum atomic E-state index is 6.08. The lowest BCUT2D eigenvalue weighted by atomic mass is 9.73. The molecule has 5 nitrogen and oxygen atoms in total. The Morgan fingerprint density at radius 3 is 3.00 bits per heavy atom. The summed E-state index contributed by atoms with van der Waals surface area (Å²) in [5.41, 5.74) is 1.05. The number of aryl methyl sites for hydroxylation is 1. The molecule has 2 aliphatic rings. The van der Waals surface area contributed by atoms with Crippen LogP contribution in [0, 0.1) is 12.3 Å². The number of ether oxygens (including phenoxy) is 2. The van der Waals surface area contributed by atoms with Gasteiger partial charge in [-0.2, -0.15) is 5.10 Å². The smallest absolute Gasteiger partial charge is 0.151 e. The van der Waals surface area contributed by atoms with Crippen molar-refractivity contribution >= 4 is 5.82 Å². The molecule has 0 aromatic carbocycles. The van der Waals surface area contributed by atoms with E-state index in [4.69, 9.17) is 9.47 Å². The fraction of sp³-hybridized carbons (Fsp3) is 0.765. The molecule has 3 rings (SSSR count). The van der Waals surface area contributed by atoms with Gasteiger partial charge in [0.05, 0.1) is 24.5 Å². The molecule has 0 N–H and O–H groups in total. The van der Waals surface area contributed by atoms with Crippen LogP contribution in [0.1, 0.15) is 38.8 Å². The molecule has 0 spiro atoms. The zero-order chi connectivity index (χ0) is 15.6. The van der Waals surface area contributed by atoms with Crippen molar-refractivity contribution in [3.05, 3.63) is 17.8 Å². The molecule has 122 valence electrons. The number of hydrogen-bond donors (Lipinski definition) is 0. The quantitative estimate of drug-likeness (QED) is 0.855. The first-order chi connectivity index (χ1) is 10.6. The second-order valence-corrected chi connectivity index (χ2v) is 6.93. The summed E-state index contributed by atoms with van der Waals surface area (Å²) < 4.78 is 12.1. The van der Waals surface area contributed by atoms with E-state index >= 15 is 0 Å². The maximum Gasteiger partial charge on any atom is 0.151 e. The number of rotatable bonds is 4. The van der Waals surface area contributed by atoms with Crippen molar-refractivity contribution in [2.24, 2.45) is 5.41 Å². The highest BCUT2D eigenvalue weighted by atomic mass is 16.5. The normalized spacial score (nSPS) is 28.7. The number of fused-ring (bicyclic) bond motifs is 1. The van der Waals surface area contributed by atoms with E-state index < -0.39 is 0 Å².